The summed E-state index contributed by atoms with van der Waals surface area (Å²) >= 11 is 12.4. The average molecular weight is 396 g/mol. The summed E-state index contributed by atoms with van der Waals surface area (Å²) in [5, 5.41) is 5.93. The van der Waals surface area contributed by atoms with E-state index in [0.717, 1.165) is 30.5 Å². The molecule has 26 heavy (non-hydrogen) atoms. The van der Waals surface area contributed by atoms with Crippen molar-refractivity contribution in [1.82, 2.24) is 9.78 Å². The van der Waals surface area contributed by atoms with Gasteiger partial charge in [-0.2, -0.15) is 0 Å². The minimum Gasteiger partial charge on any atom is -0.477 e. The SMILES string of the molecule is [CH2]C(CC(C)(C)C)c1cc(OCCCC)nn1Cc1ccc(Cl)cc1Cl. The first kappa shape index (κ1) is 21.1. The molecule has 2 aromatic rings. The second kappa shape index (κ2) is 9.14. The van der Waals surface area contributed by atoms with Crippen molar-refractivity contribution in [2.45, 2.75) is 59.4 Å². The van der Waals surface area contributed by atoms with E-state index in [1.165, 1.54) is 0 Å². The number of hydrogen-bond donors (Lipinski definition) is 0. The van der Waals surface area contributed by atoms with Crippen molar-refractivity contribution >= 4 is 23.2 Å². The van der Waals surface area contributed by atoms with Crippen molar-refractivity contribution in [3.8, 4) is 5.88 Å². The quantitative estimate of drug-likeness (QED) is 0.460. The number of aromatic nitrogens is 2. The molecule has 0 aliphatic heterocycles. The maximum atomic E-state index is 6.35. The minimum atomic E-state index is 0.122. The van der Waals surface area contributed by atoms with Crippen LogP contribution >= 0.6 is 23.2 Å². The number of benzene rings is 1. The third kappa shape index (κ3) is 6.21. The number of rotatable bonds is 8. The molecule has 143 valence electrons. The molecule has 0 fully saturated rings. The van der Waals surface area contributed by atoms with Gasteiger partial charge in [0.1, 0.15) is 0 Å². The van der Waals surface area contributed by atoms with E-state index in [1.807, 2.05) is 22.9 Å². The lowest BCUT2D eigenvalue weighted by Crippen LogP contribution is -2.15. The van der Waals surface area contributed by atoms with Crippen molar-refractivity contribution < 1.29 is 4.74 Å². The van der Waals surface area contributed by atoms with Crippen molar-refractivity contribution in [2.75, 3.05) is 6.61 Å². The summed E-state index contributed by atoms with van der Waals surface area (Å²) in [7, 11) is 0. The zero-order valence-electron chi connectivity index (χ0n) is 16.2. The molecule has 0 aliphatic carbocycles. The fourth-order valence-electron chi connectivity index (χ4n) is 2.91. The number of hydrogen-bond acceptors (Lipinski definition) is 2. The highest BCUT2D eigenvalue weighted by Gasteiger charge is 2.22. The topological polar surface area (TPSA) is 27.1 Å². The van der Waals surface area contributed by atoms with Crippen LogP contribution in [0.25, 0.3) is 0 Å². The number of halogens is 2. The maximum absolute atomic E-state index is 6.35. The largest absolute Gasteiger partial charge is 0.477 e. The first-order valence-corrected chi connectivity index (χ1v) is 9.92. The first-order valence-electron chi connectivity index (χ1n) is 9.17. The molecule has 0 saturated heterocycles. The van der Waals surface area contributed by atoms with Gasteiger partial charge in [-0.25, -0.2) is 0 Å². The molecule has 1 aromatic carbocycles. The zero-order chi connectivity index (χ0) is 19.3. The van der Waals surface area contributed by atoms with Gasteiger partial charge in [0.05, 0.1) is 13.2 Å². The van der Waals surface area contributed by atoms with Gasteiger partial charge in [0.25, 0.3) is 0 Å². The molecule has 1 radical (unpaired) electrons. The highest BCUT2D eigenvalue weighted by Crippen LogP contribution is 2.33. The van der Waals surface area contributed by atoms with E-state index in [1.54, 1.807) is 6.07 Å². The van der Waals surface area contributed by atoms with Gasteiger partial charge in [0, 0.05) is 27.7 Å². The van der Waals surface area contributed by atoms with Gasteiger partial charge in [-0.15, -0.1) is 5.10 Å². The Balaban J connectivity index is 2.28. The maximum Gasteiger partial charge on any atom is 0.233 e. The molecule has 2 rings (SSSR count). The van der Waals surface area contributed by atoms with Crippen molar-refractivity contribution in [3.63, 3.8) is 0 Å². The van der Waals surface area contributed by atoms with Crippen LogP contribution in [0.15, 0.2) is 24.3 Å². The highest BCUT2D eigenvalue weighted by molar-refractivity contribution is 6.35. The molecule has 0 spiro atoms. The summed E-state index contributed by atoms with van der Waals surface area (Å²) in [6, 6.07) is 7.57. The monoisotopic (exact) mass is 395 g/mol. The van der Waals surface area contributed by atoms with Crippen molar-refractivity contribution in [2.24, 2.45) is 5.41 Å². The third-order valence-corrected chi connectivity index (χ3v) is 4.74. The van der Waals surface area contributed by atoms with E-state index in [-0.39, 0.29) is 11.3 Å². The lowest BCUT2D eigenvalue weighted by molar-refractivity contribution is 0.294. The Hall–Kier alpha value is -1.19. The number of nitrogens with zero attached hydrogens (tertiary/aromatic N) is 2. The van der Waals surface area contributed by atoms with E-state index in [9.17, 15) is 0 Å². The lowest BCUT2D eigenvalue weighted by atomic mass is 9.84. The molecule has 0 amide bonds. The minimum absolute atomic E-state index is 0.122. The van der Waals surface area contributed by atoms with Crippen LogP contribution in [0.1, 0.15) is 64.1 Å². The predicted molar refractivity (Wildman–Crippen MR) is 110 cm³/mol. The van der Waals surface area contributed by atoms with E-state index in [2.05, 4.69) is 39.7 Å². The summed E-state index contributed by atoms with van der Waals surface area (Å²) < 4.78 is 7.78. The highest BCUT2D eigenvalue weighted by atomic mass is 35.5. The van der Waals surface area contributed by atoms with Gasteiger partial charge >= 0.3 is 0 Å². The van der Waals surface area contributed by atoms with Gasteiger partial charge in [-0.05, 0) is 42.9 Å². The van der Waals surface area contributed by atoms with E-state index in [0.29, 0.717) is 29.1 Å². The average Bonchev–Trinajstić information content (AvgIpc) is 2.92. The molecule has 1 aromatic heterocycles. The Bertz CT molecular complexity index is 719. The molecular formula is C21H29Cl2N2O. The van der Waals surface area contributed by atoms with Crippen LogP contribution in [-0.4, -0.2) is 16.4 Å². The zero-order valence-corrected chi connectivity index (χ0v) is 17.7. The van der Waals surface area contributed by atoms with Gasteiger partial charge in [0.15, 0.2) is 0 Å². The van der Waals surface area contributed by atoms with Gasteiger partial charge in [0.2, 0.25) is 5.88 Å². The fraction of sp³-hybridized carbons (Fsp3) is 0.524. The molecule has 0 aliphatic rings. The number of unbranched alkanes of at least 4 members (excludes halogenated alkanes) is 1. The molecule has 1 atom stereocenters. The molecule has 0 N–H and O–H groups in total. The lowest BCUT2D eigenvalue weighted by Gasteiger charge is -2.23. The standard InChI is InChI=1S/C21H29Cl2N2O/c1-6-7-10-26-20-12-19(15(2)13-21(3,4)5)25(24-20)14-16-8-9-17(22)11-18(16)23/h8-9,11-12,15H,2,6-7,10,13-14H2,1,3-5H3. The van der Waals surface area contributed by atoms with Gasteiger partial charge < -0.3 is 4.74 Å². The summed E-state index contributed by atoms with van der Waals surface area (Å²) in [5.41, 5.74) is 2.23. The molecule has 1 unspecified atom stereocenters. The second-order valence-corrected chi connectivity index (χ2v) is 8.81. The Kier molecular flexibility index (Phi) is 7.42. The van der Waals surface area contributed by atoms with Crippen LogP contribution in [0.5, 0.6) is 5.88 Å². The van der Waals surface area contributed by atoms with Crippen LogP contribution < -0.4 is 4.74 Å². The number of ether oxygens (including phenoxy) is 1. The molecular weight excluding hydrogens is 367 g/mol. The predicted octanol–water partition coefficient (Wildman–Crippen LogP) is 6.77. The van der Waals surface area contributed by atoms with Crippen LogP contribution in [0.4, 0.5) is 0 Å². The molecule has 1 heterocycles. The van der Waals surface area contributed by atoms with Crippen molar-refractivity contribution in [1.29, 1.82) is 0 Å². The summed E-state index contributed by atoms with van der Waals surface area (Å²) in [4.78, 5) is 0. The van der Waals surface area contributed by atoms with Gasteiger partial charge in [-0.1, -0.05) is 63.4 Å². The summed E-state index contributed by atoms with van der Waals surface area (Å²) in [6.07, 6.45) is 3.07. The Morgan fingerprint density at radius 3 is 2.58 bits per heavy atom. The summed E-state index contributed by atoms with van der Waals surface area (Å²) in [6.45, 7) is 14.4. The van der Waals surface area contributed by atoms with Crippen LogP contribution in [-0.2, 0) is 6.54 Å². The van der Waals surface area contributed by atoms with Crippen molar-refractivity contribution in [3.05, 3.63) is 52.5 Å². The van der Waals surface area contributed by atoms with Crippen LogP contribution in [0.2, 0.25) is 10.0 Å². The van der Waals surface area contributed by atoms with Crippen LogP contribution in [0, 0.1) is 12.3 Å². The van der Waals surface area contributed by atoms with E-state index in [4.69, 9.17) is 27.9 Å². The molecule has 5 heteroatoms. The van der Waals surface area contributed by atoms with Crippen LogP contribution in [0.3, 0.4) is 0 Å². The third-order valence-electron chi connectivity index (χ3n) is 4.15. The fourth-order valence-corrected chi connectivity index (χ4v) is 3.38. The first-order chi connectivity index (χ1) is 12.2. The Labute approximate surface area is 167 Å². The smallest absolute Gasteiger partial charge is 0.233 e. The molecule has 0 saturated carbocycles. The van der Waals surface area contributed by atoms with E-state index >= 15 is 0 Å². The normalized spacial score (nSPS) is 13.0. The Morgan fingerprint density at radius 2 is 1.96 bits per heavy atom. The molecule has 0 bridgehead atoms. The summed E-state index contributed by atoms with van der Waals surface area (Å²) in [5.74, 6) is 0.776. The second-order valence-electron chi connectivity index (χ2n) is 7.96. The van der Waals surface area contributed by atoms with Gasteiger partial charge in [-0.3, -0.25) is 4.68 Å². The Morgan fingerprint density at radius 1 is 1.23 bits per heavy atom. The van der Waals surface area contributed by atoms with E-state index < -0.39 is 0 Å². The molecule has 3 nitrogen and oxygen atoms in total.